The van der Waals surface area contributed by atoms with E-state index in [-0.39, 0.29) is 0 Å². The molecular formula is C16H23NO2. The Kier molecular flexibility index (Phi) is 5.61. The maximum absolute atomic E-state index is 10.7. The summed E-state index contributed by atoms with van der Waals surface area (Å²) in [6.07, 6.45) is 3.94. The third kappa shape index (κ3) is 4.43. The summed E-state index contributed by atoms with van der Waals surface area (Å²) in [6.45, 7) is 9.44. The van der Waals surface area contributed by atoms with Crippen molar-refractivity contribution >= 4 is 17.7 Å². The van der Waals surface area contributed by atoms with Crippen LogP contribution in [0, 0.1) is 6.92 Å². The second kappa shape index (κ2) is 6.98. The molecule has 0 saturated carbocycles. The first-order valence-electron chi connectivity index (χ1n) is 6.74. The maximum Gasteiger partial charge on any atom is 0.328 e. The number of anilines is 1. The second-order valence-corrected chi connectivity index (χ2v) is 5.02. The first-order valence-corrected chi connectivity index (χ1v) is 6.74. The standard InChI is InChI=1S/C16H23NO2/c1-5-10-17(12(2)3)15-8-6-13(4)11-14(15)7-9-16(18)19/h6-9,11-12H,5,10H2,1-4H3,(H,18,19)/b9-7+. The summed E-state index contributed by atoms with van der Waals surface area (Å²) >= 11 is 0. The predicted molar refractivity (Wildman–Crippen MR) is 80.6 cm³/mol. The minimum atomic E-state index is -0.918. The topological polar surface area (TPSA) is 40.5 Å². The molecule has 0 amide bonds. The summed E-state index contributed by atoms with van der Waals surface area (Å²) in [4.78, 5) is 13.0. The Morgan fingerprint density at radius 1 is 1.42 bits per heavy atom. The monoisotopic (exact) mass is 261 g/mol. The van der Waals surface area contributed by atoms with Gasteiger partial charge in [-0.1, -0.05) is 18.6 Å². The molecule has 0 spiro atoms. The zero-order valence-corrected chi connectivity index (χ0v) is 12.2. The molecule has 0 aliphatic carbocycles. The normalized spacial score (nSPS) is 11.2. The molecule has 0 fully saturated rings. The minimum absolute atomic E-state index is 0.389. The quantitative estimate of drug-likeness (QED) is 0.793. The van der Waals surface area contributed by atoms with Crippen LogP contribution >= 0.6 is 0 Å². The molecule has 0 atom stereocenters. The second-order valence-electron chi connectivity index (χ2n) is 5.02. The van der Waals surface area contributed by atoms with Gasteiger partial charge < -0.3 is 10.0 Å². The van der Waals surface area contributed by atoms with Crippen LogP contribution in [-0.2, 0) is 4.79 Å². The summed E-state index contributed by atoms with van der Waals surface area (Å²) in [6, 6.07) is 6.56. The Morgan fingerprint density at radius 2 is 2.11 bits per heavy atom. The summed E-state index contributed by atoms with van der Waals surface area (Å²) in [5.74, 6) is -0.918. The number of hydrogen-bond acceptors (Lipinski definition) is 2. The molecule has 104 valence electrons. The third-order valence-electron chi connectivity index (χ3n) is 2.99. The van der Waals surface area contributed by atoms with Crippen LogP contribution in [-0.4, -0.2) is 23.7 Å². The lowest BCUT2D eigenvalue weighted by Crippen LogP contribution is -2.32. The van der Waals surface area contributed by atoms with E-state index < -0.39 is 5.97 Å². The molecule has 19 heavy (non-hydrogen) atoms. The van der Waals surface area contributed by atoms with Crippen molar-refractivity contribution in [2.24, 2.45) is 0 Å². The molecule has 1 rings (SSSR count). The van der Waals surface area contributed by atoms with Crippen LogP contribution in [0.15, 0.2) is 24.3 Å². The van der Waals surface area contributed by atoms with Crippen LogP contribution in [0.5, 0.6) is 0 Å². The average Bonchev–Trinajstić information content (AvgIpc) is 2.34. The predicted octanol–water partition coefficient (Wildman–Crippen LogP) is 3.72. The van der Waals surface area contributed by atoms with Crippen LogP contribution < -0.4 is 4.90 Å². The van der Waals surface area contributed by atoms with Crippen molar-refractivity contribution in [1.29, 1.82) is 0 Å². The fourth-order valence-electron chi connectivity index (χ4n) is 2.13. The smallest absolute Gasteiger partial charge is 0.328 e. The zero-order chi connectivity index (χ0) is 14.4. The Morgan fingerprint density at radius 3 is 2.63 bits per heavy atom. The van der Waals surface area contributed by atoms with Crippen molar-refractivity contribution in [3.05, 3.63) is 35.4 Å². The van der Waals surface area contributed by atoms with Crippen molar-refractivity contribution in [2.75, 3.05) is 11.4 Å². The Balaban J connectivity index is 3.20. The molecule has 0 saturated heterocycles. The number of hydrogen-bond donors (Lipinski definition) is 1. The number of carbonyl (C=O) groups is 1. The van der Waals surface area contributed by atoms with E-state index >= 15 is 0 Å². The number of aryl methyl sites for hydroxylation is 1. The Hall–Kier alpha value is -1.77. The molecule has 0 unspecified atom stereocenters. The molecule has 0 heterocycles. The van der Waals surface area contributed by atoms with E-state index in [9.17, 15) is 4.79 Å². The van der Waals surface area contributed by atoms with Crippen molar-refractivity contribution in [2.45, 2.75) is 40.2 Å². The molecular weight excluding hydrogens is 238 g/mol. The maximum atomic E-state index is 10.7. The van der Waals surface area contributed by atoms with Gasteiger partial charge in [-0.15, -0.1) is 0 Å². The number of aliphatic carboxylic acids is 1. The van der Waals surface area contributed by atoms with Gasteiger partial charge in [-0.25, -0.2) is 4.79 Å². The number of rotatable bonds is 6. The highest BCUT2D eigenvalue weighted by Gasteiger charge is 2.12. The third-order valence-corrected chi connectivity index (χ3v) is 2.99. The Bertz CT molecular complexity index is 464. The highest BCUT2D eigenvalue weighted by Crippen LogP contribution is 2.25. The lowest BCUT2D eigenvalue weighted by atomic mass is 10.1. The summed E-state index contributed by atoms with van der Waals surface area (Å²) in [5, 5.41) is 8.79. The first kappa shape index (κ1) is 15.3. The molecule has 0 radical (unpaired) electrons. The van der Waals surface area contributed by atoms with E-state index in [0.29, 0.717) is 6.04 Å². The molecule has 0 aromatic heterocycles. The van der Waals surface area contributed by atoms with Gasteiger partial charge in [-0.2, -0.15) is 0 Å². The lowest BCUT2D eigenvalue weighted by molar-refractivity contribution is -0.131. The van der Waals surface area contributed by atoms with Gasteiger partial charge in [-0.05, 0) is 51.0 Å². The van der Waals surface area contributed by atoms with Gasteiger partial charge in [0.05, 0.1) is 0 Å². The fraction of sp³-hybridized carbons (Fsp3) is 0.438. The minimum Gasteiger partial charge on any atom is -0.478 e. The number of nitrogens with zero attached hydrogens (tertiary/aromatic N) is 1. The van der Waals surface area contributed by atoms with E-state index in [1.165, 1.54) is 6.08 Å². The van der Waals surface area contributed by atoms with Gasteiger partial charge in [-0.3, -0.25) is 0 Å². The highest BCUT2D eigenvalue weighted by atomic mass is 16.4. The first-order chi connectivity index (χ1) is 8.95. The van der Waals surface area contributed by atoms with Gasteiger partial charge in [0, 0.05) is 24.4 Å². The van der Waals surface area contributed by atoms with E-state index in [0.717, 1.165) is 29.8 Å². The van der Waals surface area contributed by atoms with Gasteiger partial charge >= 0.3 is 5.97 Å². The van der Waals surface area contributed by atoms with E-state index in [1.54, 1.807) is 6.08 Å². The zero-order valence-electron chi connectivity index (χ0n) is 12.2. The molecule has 0 aliphatic heterocycles. The van der Waals surface area contributed by atoms with Gasteiger partial charge in [0.15, 0.2) is 0 Å². The Labute approximate surface area is 115 Å². The van der Waals surface area contributed by atoms with E-state index in [1.807, 2.05) is 13.0 Å². The summed E-state index contributed by atoms with van der Waals surface area (Å²) in [7, 11) is 0. The molecule has 1 N–H and O–H groups in total. The molecule has 3 heteroatoms. The van der Waals surface area contributed by atoms with Gasteiger partial charge in [0.1, 0.15) is 0 Å². The van der Waals surface area contributed by atoms with Crippen LogP contribution in [0.25, 0.3) is 6.08 Å². The molecule has 0 aliphatic rings. The largest absolute Gasteiger partial charge is 0.478 e. The van der Waals surface area contributed by atoms with Crippen LogP contribution in [0.2, 0.25) is 0 Å². The van der Waals surface area contributed by atoms with Crippen molar-refractivity contribution in [1.82, 2.24) is 0 Å². The molecule has 1 aromatic rings. The highest BCUT2D eigenvalue weighted by molar-refractivity contribution is 5.87. The van der Waals surface area contributed by atoms with Crippen molar-refractivity contribution in [3.63, 3.8) is 0 Å². The number of carboxylic acids is 1. The van der Waals surface area contributed by atoms with Crippen LogP contribution in [0.4, 0.5) is 5.69 Å². The summed E-state index contributed by atoms with van der Waals surface area (Å²) < 4.78 is 0. The molecule has 0 bridgehead atoms. The van der Waals surface area contributed by atoms with Crippen molar-refractivity contribution < 1.29 is 9.90 Å². The van der Waals surface area contributed by atoms with Gasteiger partial charge in [0.2, 0.25) is 0 Å². The van der Waals surface area contributed by atoms with Crippen LogP contribution in [0.3, 0.4) is 0 Å². The SMILES string of the molecule is CCCN(c1ccc(C)cc1/C=C/C(=O)O)C(C)C. The van der Waals surface area contributed by atoms with Gasteiger partial charge in [0.25, 0.3) is 0 Å². The van der Waals surface area contributed by atoms with Crippen LogP contribution in [0.1, 0.15) is 38.3 Å². The molecule has 1 aromatic carbocycles. The summed E-state index contributed by atoms with van der Waals surface area (Å²) in [5.41, 5.74) is 3.19. The van der Waals surface area contributed by atoms with E-state index in [2.05, 4.69) is 37.8 Å². The van der Waals surface area contributed by atoms with E-state index in [4.69, 9.17) is 5.11 Å². The van der Waals surface area contributed by atoms with Crippen molar-refractivity contribution in [3.8, 4) is 0 Å². The number of carboxylic acid groups (broad SMARTS) is 1. The number of benzene rings is 1. The lowest BCUT2D eigenvalue weighted by Gasteiger charge is -2.30. The average molecular weight is 261 g/mol. The fourth-order valence-corrected chi connectivity index (χ4v) is 2.13. The molecule has 3 nitrogen and oxygen atoms in total.